The third-order valence-electron chi connectivity index (χ3n) is 4.20. The number of hydrogen-bond donors (Lipinski definition) is 1. The lowest BCUT2D eigenvalue weighted by molar-refractivity contribution is -0.137. The third-order valence-corrected chi connectivity index (χ3v) is 4.20. The number of anilines is 1. The molecule has 3 aromatic rings. The van der Waals surface area contributed by atoms with Crippen LogP contribution in [0.1, 0.15) is 21.9 Å². The summed E-state index contributed by atoms with van der Waals surface area (Å²) in [6.07, 6.45) is -1.31. The Hall–Kier alpha value is -3.80. The molecular formula is C21H20F3N3O6. The molecule has 2 heterocycles. The van der Waals surface area contributed by atoms with Crippen molar-refractivity contribution in [3.63, 3.8) is 0 Å². The van der Waals surface area contributed by atoms with Gasteiger partial charge in [0.25, 0.3) is 5.91 Å². The summed E-state index contributed by atoms with van der Waals surface area (Å²) in [6, 6.07) is 7.32. The average Bonchev–Trinajstić information content (AvgIpc) is 3.45. The Bertz CT molecular complexity index is 1080. The van der Waals surface area contributed by atoms with Crippen molar-refractivity contribution in [2.24, 2.45) is 0 Å². The van der Waals surface area contributed by atoms with E-state index in [4.69, 9.17) is 18.6 Å². The Balaban J connectivity index is 1.60. The van der Waals surface area contributed by atoms with E-state index in [0.717, 1.165) is 18.2 Å². The van der Waals surface area contributed by atoms with Gasteiger partial charge >= 0.3 is 12.1 Å². The predicted octanol–water partition coefficient (Wildman–Crippen LogP) is 3.36. The molecule has 2 aromatic heterocycles. The van der Waals surface area contributed by atoms with E-state index >= 15 is 0 Å². The number of nitrogens with one attached hydrogen (secondary N) is 1. The van der Waals surface area contributed by atoms with Crippen molar-refractivity contribution in [2.75, 3.05) is 32.2 Å². The van der Waals surface area contributed by atoms with Gasteiger partial charge in [-0.3, -0.25) is 9.48 Å². The van der Waals surface area contributed by atoms with Crippen LogP contribution < -0.4 is 10.1 Å². The first-order valence-electron chi connectivity index (χ1n) is 9.62. The number of carbonyl (C=O) groups excluding carboxylic acids is 2. The molecule has 0 spiro atoms. The van der Waals surface area contributed by atoms with Crippen LogP contribution in [0.25, 0.3) is 0 Å². The molecule has 0 bridgehead atoms. The third kappa shape index (κ3) is 6.84. The lowest BCUT2D eigenvalue weighted by Crippen LogP contribution is -2.21. The second-order valence-electron chi connectivity index (χ2n) is 6.64. The Kier molecular flexibility index (Phi) is 7.72. The van der Waals surface area contributed by atoms with Gasteiger partial charge in [-0.05, 0) is 36.4 Å². The fourth-order valence-electron chi connectivity index (χ4n) is 2.68. The molecule has 0 radical (unpaired) electrons. The molecule has 0 saturated heterocycles. The standard InChI is InChI=1S/C21H20F3N3O6/c1-30-9-10-31-17-5-3-14(21(22,23)24)11-16(17)26-19(28)13-32-20(29)18-6-4-15(33-18)12-27-8-2-7-25-27/h2-8,11H,9-10,12-13H2,1H3,(H,26,28). The molecule has 0 aliphatic heterocycles. The smallest absolute Gasteiger partial charge is 0.416 e. The van der Waals surface area contributed by atoms with E-state index in [1.807, 2.05) is 0 Å². The zero-order valence-electron chi connectivity index (χ0n) is 17.4. The van der Waals surface area contributed by atoms with Gasteiger partial charge in [0.05, 0.1) is 24.4 Å². The first kappa shape index (κ1) is 23.9. The molecule has 1 N–H and O–H groups in total. The molecule has 33 heavy (non-hydrogen) atoms. The minimum absolute atomic E-state index is 0.00836. The van der Waals surface area contributed by atoms with E-state index in [1.54, 1.807) is 29.2 Å². The molecule has 0 fully saturated rings. The highest BCUT2D eigenvalue weighted by molar-refractivity contribution is 5.95. The summed E-state index contributed by atoms with van der Waals surface area (Å²) in [4.78, 5) is 24.4. The highest BCUT2D eigenvalue weighted by Gasteiger charge is 2.31. The molecule has 1 aromatic carbocycles. The van der Waals surface area contributed by atoms with E-state index < -0.39 is 30.2 Å². The molecular weight excluding hydrogens is 447 g/mol. The second kappa shape index (κ2) is 10.7. The van der Waals surface area contributed by atoms with E-state index in [2.05, 4.69) is 10.4 Å². The van der Waals surface area contributed by atoms with Gasteiger partial charge in [0.1, 0.15) is 18.1 Å². The Morgan fingerprint density at radius 2 is 2.00 bits per heavy atom. The number of esters is 1. The van der Waals surface area contributed by atoms with Crippen LogP contribution in [0.2, 0.25) is 0 Å². The van der Waals surface area contributed by atoms with Gasteiger partial charge in [-0.15, -0.1) is 0 Å². The van der Waals surface area contributed by atoms with E-state index in [1.165, 1.54) is 13.2 Å². The van der Waals surface area contributed by atoms with Crippen molar-refractivity contribution in [1.29, 1.82) is 0 Å². The van der Waals surface area contributed by atoms with Crippen molar-refractivity contribution in [1.82, 2.24) is 9.78 Å². The molecule has 0 saturated carbocycles. The van der Waals surface area contributed by atoms with Crippen LogP contribution >= 0.6 is 0 Å². The van der Waals surface area contributed by atoms with E-state index in [0.29, 0.717) is 12.3 Å². The first-order valence-corrected chi connectivity index (χ1v) is 9.62. The largest absolute Gasteiger partial charge is 0.489 e. The van der Waals surface area contributed by atoms with Crippen LogP contribution in [-0.4, -0.2) is 48.6 Å². The molecule has 0 unspecified atom stereocenters. The summed E-state index contributed by atoms with van der Waals surface area (Å²) in [5.74, 6) is -1.45. The zero-order valence-corrected chi connectivity index (χ0v) is 17.4. The van der Waals surface area contributed by atoms with Crippen molar-refractivity contribution < 1.29 is 41.4 Å². The van der Waals surface area contributed by atoms with Crippen LogP contribution in [0.4, 0.5) is 18.9 Å². The van der Waals surface area contributed by atoms with Gasteiger partial charge in [-0.2, -0.15) is 18.3 Å². The summed E-state index contributed by atoms with van der Waals surface area (Å²) in [6.45, 7) is -0.208. The quantitative estimate of drug-likeness (QED) is 0.360. The van der Waals surface area contributed by atoms with Gasteiger partial charge in [-0.1, -0.05) is 0 Å². The highest BCUT2D eigenvalue weighted by atomic mass is 19.4. The summed E-state index contributed by atoms with van der Waals surface area (Å²) >= 11 is 0. The number of ether oxygens (including phenoxy) is 3. The van der Waals surface area contributed by atoms with Crippen molar-refractivity contribution in [3.05, 3.63) is 65.9 Å². The van der Waals surface area contributed by atoms with E-state index in [-0.39, 0.29) is 30.4 Å². The molecule has 1 amide bonds. The normalized spacial score (nSPS) is 11.3. The zero-order chi connectivity index (χ0) is 23.8. The molecule has 0 atom stereocenters. The number of alkyl halides is 3. The van der Waals surface area contributed by atoms with Crippen molar-refractivity contribution >= 4 is 17.6 Å². The highest BCUT2D eigenvalue weighted by Crippen LogP contribution is 2.35. The number of hydrogen-bond acceptors (Lipinski definition) is 7. The van der Waals surface area contributed by atoms with Crippen LogP contribution in [0.15, 0.2) is 53.2 Å². The molecule has 12 heteroatoms. The maximum absolute atomic E-state index is 13.0. The summed E-state index contributed by atoms with van der Waals surface area (Å²) in [5, 5.41) is 6.28. The van der Waals surface area contributed by atoms with Crippen LogP contribution in [0.5, 0.6) is 5.75 Å². The van der Waals surface area contributed by atoms with Crippen LogP contribution in [-0.2, 0) is 27.0 Å². The SMILES string of the molecule is COCCOc1ccc(C(F)(F)F)cc1NC(=O)COC(=O)c1ccc(Cn2cccn2)o1. The number of aromatic nitrogens is 2. The lowest BCUT2D eigenvalue weighted by atomic mass is 10.1. The first-order chi connectivity index (χ1) is 15.8. The van der Waals surface area contributed by atoms with Gasteiger partial charge < -0.3 is 23.9 Å². The summed E-state index contributed by atoms with van der Waals surface area (Å²) < 4.78 is 61.2. The lowest BCUT2D eigenvalue weighted by Gasteiger charge is -2.15. The van der Waals surface area contributed by atoms with E-state index in [9.17, 15) is 22.8 Å². The topological polar surface area (TPSA) is 105 Å². The number of benzene rings is 1. The average molecular weight is 467 g/mol. The number of furan rings is 1. The number of rotatable bonds is 10. The predicted molar refractivity (Wildman–Crippen MR) is 108 cm³/mol. The molecule has 3 rings (SSSR count). The van der Waals surface area contributed by atoms with Crippen LogP contribution in [0, 0.1) is 0 Å². The van der Waals surface area contributed by atoms with Crippen LogP contribution in [0.3, 0.4) is 0 Å². The van der Waals surface area contributed by atoms with Gasteiger partial charge in [0, 0.05) is 19.5 Å². The fraction of sp³-hybridized carbons (Fsp3) is 0.286. The Morgan fingerprint density at radius 3 is 2.70 bits per heavy atom. The van der Waals surface area contributed by atoms with Crippen molar-refractivity contribution in [2.45, 2.75) is 12.7 Å². The Morgan fingerprint density at radius 1 is 1.18 bits per heavy atom. The second-order valence-corrected chi connectivity index (χ2v) is 6.64. The molecule has 176 valence electrons. The van der Waals surface area contributed by atoms with Gasteiger partial charge in [0.15, 0.2) is 6.61 Å². The van der Waals surface area contributed by atoms with Crippen molar-refractivity contribution in [3.8, 4) is 5.75 Å². The minimum atomic E-state index is -4.62. The number of amides is 1. The fourth-order valence-corrected chi connectivity index (χ4v) is 2.68. The van der Waals surface area contributed by atoms with Gasteiger partial charge in [-0.25, -0.2) is 4.79 Å². The Labute approximate surface area is 186 Å². The number of nitrogens with zero attached hydrogens (tertiary/aromatic N) is 2. The molecule has 0 aliphatic carbocycles. The maximum atomic E-state index is 13.0. The van der Waals surface area contributed by atoms with Gasteiger partial charge in [0.2, 0.25) is 5.76 Å². The summed E-state index contributed by atoms with van der Waals surface area (Å²) in [5.41, 5.74) is -1.20. The summed E-state index contributed by atoms with van der Waals surface area (Å²) in [7, 11) is 1.44. The molecule has 9 nitrogen and oxygen atoms in total. The number of carbonyl (C=O) groups is 2. The number of halogens is 3. The maximum Gasteiger partial charge on any atom is 0.416 e. The molecule has 0 aliphatic rings. The number of methoxy groups -OCH3 is 1. The minimum Gasteiger partial charge on any atom is -0.489 e. The monoisotopic (exact) mass is 467 g/mol.